The average Bonchev–Trinajstić information content (AvgIpc) is 1.04. The van der Waals surface area contributed by atoms with Gasteiger partial charge in [0.1, 0.15) is 0 Å². The van der Waals surface area contributed by atoms with E-state index < -0.39 is 0 Å². The van der Waals surface area contributed by atoms with E-state index >= 15 is 0 Å². The topological polar surface area (TPSA) is 16.3 Å². The zero-order chi connectivity index (χ0) is 60.3. The van der Waals surface area contributed by atoms with Gasteiger partial charge in [-0.2, -0.15) is 0 Å². The fraction of sp³-hybridized carbons (Fsp3) is 0.163. The van der Waals surface area contributed by atoms with Crippen molar-refractivity contribution in [2.24, 2.45) is 17.8 Å². The molecule has 2 aliphatic heterocycles. The van der Waals surface area contributed by atoms with Crippen LogP contribution in [0.3, 0.4) is 0 Å². The first-order chi connectivity index (χ1) is 44.7. The van der Waals surface area contributed by atoms with Crippen molar-refractivity contribution in [3.8, 4) is 44.8 Å². The number of hydrogen-bond donors (Lipinski definition) is 0. The van der Waals surface area contributed by atoms with Gasteiger partial charge >= 0.3 is 0 Å². The number of fused-ring (bicyclic) bond motifs is 10. The second-order valence-electron chi connectivity index (χ2n) is 28.2. The second-order valence-corrected chi connectivity index (χ2v) is 28.2. The molecule has 91 heavy (non-hydrogen) atoms. The van der Waals surface area contributed by atoms with E-state index in [1.807, 2.05) is 0 Å². The molecule has 4 nitrogen and oxygen atoms in total. The molecule has 0 saturated heterocycles. The molecule has 5 heteroatoms. The maximum atomic E-state index is 2.65. The van der Waals surface area contributed by atoms with Crippen LogP contribution in [-0.4, -0.2) is 15.8 Å². The van der Waals surface area contributed by atoms with Crippen molar-refractivity contribution in [3.05, 3.63) is 284 Å². The van der Waals surface area contributed by atoms with E-state index in [-0.39, 0.29) is 12.1 Å². The lowest BCUT2D eigenvalue weighted by Crippen LogP contribution is -2.61. The quantitative estimate of drug-likeness (QED) is 0.141. The summed E-state index contributed by atoms with van der Waals surface area (Å²) >= 11 is 0. The third kappa shape index (κ3) is 8.02. The van der Waals surface area contributed by atoms with Gasteiger partial charge in [-0.05, 0) is 190 Å². The van der Waals surface area contributed by atoms with Crippen molar-refractivity contribution in [3.63, 3.8) is 0 Å². The number of hydrogen-bond acceptors (Lipinski definition) is 2. The summed E-state index contributed by atoms with van der Waals surface area (Å²) in [6.07, 6.45) is 8.42. The Morgan fingerprint density at radius 2 is 0.879 bits per heavy atom. The SMILES string of the molecule is CC(C)(C)c1ccc(N2c3cc(-n4c5ccccc5c5cc(C67CC8CC(CC(C8)C6)C7)ccc54)ccc3B3c4ccc(-c5cccc6c7ccccc7n(-c7ccccc7)c56)cc4N(c4c(-c5ccccc5)cccc4-c4ccccc4)c4cccc2c43)cc1. The molecule has 0 spiro atoms. The van der Waals surface area contributed by atoms with Crippen molar-refractivity contribution in [2.75, 3.05) is 9.80 Å². The van der Waals surface area contributed by atoms with Gasteiger partial charge in [0, 0.05) is 78.0 Å². The summed E-state index contributed by atoms with van der Waals surface area (Å²) in [4.78, 5) is 5.25. The van der Waals surface area contributed by atoms with E-state index in [4.69, 9.17) is 0 Å². The molecule has 6 aliphatic rings. The van der Waals surface area contributed by atoms with Gasteiger partial charge in [-0.1, -0.05) is 215 Å². The Hall–Kier alpha value is -10.1. The Kier molecular flexibility index (Phi) is 11.6. The summed E-state index contributed by atoms with van der Waals surface area (Å²) in [5, 5.41) is 5.18. The highest BCUT2D eigenvalue weighted by atomic mass is 15.2. The normalized spacial score (nSPS) is 18.8. The van der Waals surface area contributed by atoms with E-state index in [1.54, 1.807) is 5.56 Å². The van der Waals surface area contributed by atoms with Crippen molar-refractivity contribution in [2.45, 2.75) is 70.1 Å². The van der Waals surface area contributed by atoms with Crippen LogP contribution >= 0.6 is 0 Å². The highest BCUT2D eigenvalue weighted by Gasteiger charge is 2.52. The molecular formula is C86H69BN4. The van der Waals surface area contributed by atoms with E-state index in [0.29, 0.717) is 5.41 Å². The van der Waals surface area contributed by atoms with Crippen molar-refractivity contribution >= 4 is 101 Å². The van der Waals surface area contributed by atoms with Crippen LogP contribution in [0.25, 0.3) is 88.4 Å². The van der Waals surface area contributed by atoms with Gasteiger partial charge in [0.15, 0.2) is 0 Å². The van der Waals surface area contributed by atoms with Crippen LogP contribution in [0.4, 0.5) is 34.1 Å². The van der Waals surface area contributed by atoms with Crippen LogP contribution in [0.15, 0.2) is 273 Å². The Labute approximate surface area is 533 Å². The molecular weight excluding hydrogens is 1100 g/mol. The first kappa shape index (κ1) is 52.8. The summed E-state index contributed by atoms with van der Waals surface area (Å²) in [5.74, 6) is 2.67. The summed E-state index contributed by atoms with van der Waals surface area (Å²) < 4.78 is 5.05. The third-order valence-electron chi connectivity index (χ3n) is 22.0. The van der Waals surface area contributed by atoms with Crippen molar-refractivity contribution in [1.29, 1.82) is 0 Å². The molecule has 2 aromatic heterocycles. The van der Waals surface area contributed by atoms with E-state index in [0.717, 1.165) is 40.4 Å². The summed E-state index contributed by atoms with van der Waals surface area (Å²) in [6, 6.07) is 104. The molecule has 0 radical (unpaired) electrons. The maximum absolute atomic E-state index is 2.65. The maximum Gasteiger partial charge on any atom is 0.252 e. The molecule has 4 bridgehead atoms. The van der Waals surface area contributed by atoms with Gasteiger partial charge in [-0.3, -0.25) is 0 Å². The first-order valence-electron chi connectivity index (χ1n) is 33.2. The highest BCUT2D eigenvalue weighted by molar-refractivity contribution is 7.00. The van der Waals surface area contributed by atoms with E-state index in [1.165, 1.54) is 160 Å². The molecule has 0 atom stereocenters. The van der Waals surface area contributed by atoms with Crippen LogP contribution in [0.1, 0.15) is 70.4 Å². The van der Waals surface area contributed by atoms with Gasteiger partial charge in [-0.25, -0.2) is 0 Å². The minimum atomic E-state index is -0.114. The molecule has 20 rings (SSSR count). The molecule has 0 N–H and O–H groups in total. The Morgan fingerprint density at radius 3 is 1.54 bits per heavy atom. The molecule has 14 aromatic rings. The lowest BCUT2D eigenvalue weighted by atomic mass is 9.33. The minimum absolute atomic E-state index is 0.0100. The largest absolute Gasteiger partial charge is 0.311 e. The predicted molar refractivity (Wildman–Crippen MR) is 384 cm³/mol. The Morgan fingerprint density at radius 1 is 0.363 bits per heavy atom. The smallest absolute Gasteiger partial charge is 0.252 e. The Balaban J connectivity index is 0.874. The van der Waals surface area contributed by atoms with Crippen LogP contribution in [0.2, 0.25) is 0 Å². The molecule has 436 valence electrons. The fourth-order valence-electron chi connectivity index (χ4n) is 18.5. The van der Waals surface area contributed by atoms with Crippen LogP contribution in [0, 0.1) is 17.8 Å². The van der Waals surface area contributed by atoms with Gasteiger partial charge in [-0.15, -0.1) is 0 Å². The third-order valence-corrected chi connectivity index (χ3v) is 22.0. The summed E-state index contributed by atoms with van der Waals surface area (Å²) in [6.45, 7) is 6.84. The number of benzene rings is 12. The molecule has 4 fully saturated rings. The van der Waals surface area contributed by atoms with Gasteiger partial charge in [0.2, 0.25) is 0 Å². The minimum Gasteiger partial charge on any atom is -0.311 e. The van der Waals surface area contributed by atoms with Gasteiger partial charge < -0.3 is 18.9 Å². The Bertz CT molecular complexity index is 5170. The van der Waals surface area contributed by atoms with E-state index in [2.05, 4.69) is 313 Å². The van der Waals surface area contributed by atoms with Crippen LogP contribution in [-0.2, 0) is 10.8 Å². The molecule has 12 aromatic carbocycles. The molecule has 4 heterocycles. The van der Waals surface area contributed by atoms with Gasteiger partial charge in [0.05, 0.1) is 27.8 Å². The fourth-order valence-corrected chi connectivity index (χ4v) is 18.5. The van der Waals surface area contributed by atoms with Crippen LogP contribution in [0.5, 0.6) is 0 Å². The van der Waals surface area contributed by atoms with Crippen molar-refractivity contribution < 1.29 is 0 Å². The lowest BCUT2D eigenvalue weighted by Gasteiger charge is -2.57. The zero-order valence-corrected chi connectivity index (χ0v) is 51.8. The van der Waals surface area contributed by atoms with Gasteiger partial charge in [0.25, 0.3) is 6.71 Å². The second kappa shape index (κ2) is 20.0. The highest BCUT2D eigenvalue weighted by Crippen LogP contribution is 2.61. The van der Waals surface area contributed by atoms with Crippen LogP contribution < -0.4 is 26.2 Å². The molecule has 4 saturated carbocycles. The first-order valence-corrected chi connectivity index (χ1v) is 33.2. The molecule has 0 amide bonds. The monoisotopic (exact) mass is 1170 g/mol. The number of aromatic nitrogens is 2. The molecule has 4 aliphatic carbocycles. The van der Waals surface area contributed by atoms with E-state index in [9.17, 15) is 0 Å². The lowest BCUT2D eigenvalue weighted by molar-refractivity contribution is -0.00512. The number of nitrogens with zero attached hydrogens (tertiary/aromatic N) is 4. The zero-order valence-electron chi connectivity index (χ0n) is 51.8. The average molecular weight is 1170 g/mol. The summed E-state index contributed by atoms with van der Waals surface area (Å²) in [7, 11) is 0. The molecule has 0 unspecified atom stereocenters. The number of para-hydroxylation sites is 5. The number of anilines is 6. The number of rotatable bonds is 8. The predicted octanol–water partition coefficient (Wildman–Crippen LogP) is 20.7. The standard InChI is InChI=1S/C86H69BN4/c1-85(2,3)61-37-40-64(41-38-61)88-78-34-19-35-79-82(78)87(74-44-42-65(51-81(74)88)89-75-32-15-14-27-70(75)72-50-62(39-45-77(72)89)86-52-55-46-56(53-86)48-57(47-55)54-86)73-43-36-60(68-30-18-31-71-69-26-13-16-33-76(69)90(84(68)71)63-24-11-6-12-25-63)49-80(73)91(79)83-66(58-20-7-4-8-21-58)28-17-29-67(83)59-22-9-5-10-23-59/h4-45,49-51,55-57H,46-48,52-54H2,1-3H3. The summed E-state index contributed by atoms with van der Waals surface area (Å²) in [5.41, 5.74) is 28.3. The van der Waals surface area contributed by atoms with Crippen molar-refractivity contribution in [1.82, 2.24) is 9.13 Å².